The summed E-state index contributed by atoms with van der Waals surface area (Å²) in [5, 5.41) is 3.28. The van der Waals surface area contributed by atoms with Crippen LogP contribution in [0.15, 0.2) is 24.3 Å². The molecule has 0 aliphatic heterocycles. The molecule has 1 aromatic carbocycles. The van der Waals surface area contributed by atoms with Crippen LogP contribution >= 0.6 is 0 Å². The summed E-state index contributed by atoms with van der Waals surface area (Å²) in [6, 6.07) is 5.98. The van der Waals surface area contributed by atoms with Gasteiger partial charge in [-0.1, -0.05) is 19.1 Å². The van der Waals surface area contributed by atoms with Crippen LogP contribution in [0.5, 0.6) is 0 Å². The molecule has 0 aromatic heterocycles. The van der Waals surface area contributed by atoms with Crippen LogP contribution < -0.4 is 11.1 Å². The Morgan fingerprint density at radius 2 is 2.06 bits per heavy atom. The molecule has 1 aliphatic rings. The number of hydrogen-bond acceptors (Lipinski definition) is 2. The minimum absolute atomic E-state index is 0.310. The molecule has 4 heteroatoms. The van der Waals surface area contributed by atoms with Crippen molar-refractivity contribution in [1.82, 2.24) is 5.32 Å². The number of amides is 1. The van der Waals surface area contributed by atoms with Gasteiger partial charge in [-0.3, -0.25) is 10.1 Å². The Morgan fingerprint density at radius 1 is 1.44 bits per heavy atom. The molecule has 1 atom stereocenters. The number of carbonyl (C=O) groups excluding carboxylic acids is 1. The van der Waals surface area contributed by atoms with Crippen LogP contribution in [0.2, 0.25) is 0 Å². The van der Waals surface area contributed by atoms with Crippen LogP contribution in [0.25, 0.3) is 0 Å². The molecule has 1 saturated carbocycles. The van der Waals surface area contributed by atoms with E-state index in [1.807, 2.05) is 6.92 Å². The first-order valence-electron chi connectivity index (χ1n) is 6.39. The van der Waals surface area contributed by atoms with Gasteiger partial charge in [-0.25, -0.2) is 4.39 Å². The molecule has 0 heterocycles. The predicted molar refractivity (Wildman–Crippen MR) is 68.3 cm³/mol. The van der Waals surface area contributed by atoms with Gasteiger partial charge in [-0.15, -0.1) is 0 Å². The molecule has 3 nitrogen and oxygen atoms in total. The van der Waals surface area contributed by atoms with Gasteiger partial charge in [0.05, 0.1) is 0 Å². The van der Waals surface area contributed by atoms with E-state index >= 15 is 0 Å². The molecule has 0 saturated heterocycles. The number of nitrogens with one attached hydrogen (secondary N) is 1. The fourth-order valence-corrected chi connectivity index (χ4v) is 2.21. The Hall–Kier alpha value is -1.42. The number of primary amides is 1. The lowest BCUT2D eigenvalue weighted by Crippen LogP contribution is -2.52. The molecule has 2 rings (SSSR count). The molecule has 1 fully saturated rings. The van der Waals surface area contributed by atoms with Crippen molar-refractivity contribution in [2.24, 2.45) is 11.7 Å². The van der Waals surface area contributed by atoms with Gasteiger partial charge < -0.3 is 5.73 Å². The van der Waals surface area contributed by atoms with Crippen LogP contribution in [-0.4, -0.2) is 12.5 Å². The first kappa shape index (κ1) is 13.0. The van der Waals surface area contributed by atoms with Crippen molar-refractivity contribution < 1.29 is 9.18 Å². The predicted octanol–water partition coefficient (Wildman–Crippen LogP) is 1.92. The fraction of sp³-hybridized carbons (Fsp3) is 0.500. The largest absolute Gasteiger partial charge is 0.368 e. The summed E-state index contributed by atoms with van der Waals surface area (Å²) in [6.45, 7) is 2.70. The van der Waals surface area contributed by atoms with Crippen LogP contribution in [0.4, 0.5) is 4.39 Å². The Morgan fingerprint density at radius 3 is 2.50 bits per heavy atom. The zero-order chi connectivity index (χ0) is 13.2. The summed E-state index contributed by atoms with van der Waals surface area (Å²) < 4.78 is 13.0. The van der Waals surface area contributed by atoms with Crippen molar-refractivity contribution >= 4 is 5.91 Å². The second kappa shape index (κ2) is 5.06. The maximum absolute atomic E-state index is 13.0. The summed E-state index contributed by atoms with van der Waals surface area (Å²) >= 11 is 0. The second-order valence-corrected chi connectivity index (χ2v) is 4.95. The number of halogens is 1. The Bertz CT molecular complexity index is 428. The second-order valence-electron chi connectivity index (χ2n) is 4.95. The third-order valence-electron chi connectivity index (χ3n) is 3.68. The van der Waals surface area contributed by atoms with Gasteiger partial charge in [0.25, 0.3) is 0 Å². The summed E-state index contributed by atoms with van der Waals surface area (Å²) in [5.41, 5.74) is 5.42. The Balaban J connectivity index is 2.26. The van der Waals surface area contributed by atoms with E-state index in [9.17, 15) is 9.18 Å². The fourth-order valence-electron chi connectivity index (χ4n) is 2.21. The zero-order valence-electron chi connectivity index (χ0n) is 10.6. The van der Waals surface area contributed by atoms with E-state index in [2.05, 4.69) is 5.32 Å². The lowest BCUT2D eigenvalue weighted by Gasteiger charge is -2.31. The molecule has 0 spiro atoms. The van der Waals surface area contributed by atoms with Gasteiger partial charge in [-0.2, -0.15) is 0 Å². The van der Waals surface area contributed by atoms with Crippen molar-refractivity contribution in [2.45, 2.75) is 31.7 Å². The number of carbonyl (C=O) groups is 1. The molecule has 1 aromatic rings. The molecule has 1 amide bonds. The SMILES string of the molecule is CCC(NCC1CC1)(C(N)=O)c1ccc(F)cc1. The van der Waals surface area contributed by atoms with E-state index in [1.165, 1.54) is 25.0 Å². The lowest BCUT2D eigenvalue weighted by atomic mass is 9.86. The van der Waals surface area contributed by atoms with Gasteiger partial charge in [0, 0.05) is 0 Å². The minimum Gasteiger partial charge on any atom is -0.368 e. The number of hydrogen-bond donors (Lipinski definition) is 2. The zero-order valence-corrected chi connectivity index (χ0v) is 10.6. The highest BCUT2D eigenvalue weighted by atomic mass is 19.1. The van der Waals surface area contributed by atoms with Crippen molar-refractivity contribution in [3.63, 3.8) is 0 Å². The summed E-state index contributed by atoms with van der Waals surface area (Å²) in [4.78, 5) is 11.8. The van der Waals surface area contributed by atoms with Crippen molar-refractivity contribution in [1.29, 1.82) is 0 Å². The molecule has 98 valence electrons. The summed E-state index contributed by atoms with van der Waals surface area (Å²) in [7, 11) is 0. The minimum atomic E-state index is -0.879. The van der Waals surface area contributed by atoms with E-state index in [0.29, 0.717) is 12.3 Å². The highest BCUT2D eigenvalue weighted by Gasteiger charge is 2.37. The number of benzene rings is 1. The lowest BCUT2D eigenvalue weighted by molar-refractivity contribution is -0.125. The molecule has 1 unspecified atom stereocenters. The molecule has 18 heavy (non-hydrogen) atoms. The molecule has 1 aliphatic carbocycles. The highest BCUT2D eigenvalue weighted by Crippen LogP contribution is 2.31. The van der Waals surface area contributed by atoms with Crippen LogP contribution in [-0.2, 0) is 10.3 Å². The average Bonchev–Trinajstić information content (AvgIpc) is 3.16. The molecule has 0 bridgehead atoms. The van der Waals surface area contributed by atoms with E-state index in [0.717, 1.165) is 12.1 Å². The summed E-state index contributed by atoms with van der Waals surface area (Å²) in [6.07, 6.45) is 2.96. The van der Waals surface area contributed by atoms with Gasteiger partial charge in [0.15, 0.2) is 0 Å². The van der Waals surface area contributed by atoms with Gasteiger partial charge in [-0.05, 0) is 49.4 Å². The quantitative estimate of drug-likeness (QED) is 0.810. The monoisotopic (exact) mass is 250 g/mol. The third-order valence-corrected chi connectivity index (χ3v) is 3.68. The standard InChI is InChI=1S/C14H19FN2O/c1-2-14(13(16)18,17-9-10-3-4-10)11-5-7-12(15)8-6-11/h5-8,10,17H,2-4,9H2,1H3,(H2,16,18). The van der Waals surface area contributed by atoms with Gasteiger partial charge in [0.2, 0.25) is 5.91 Å². The van der Waals surface area contributed by atoms with E-state index in [4.69, 9.17) is 5.73 Å². The number of rotatable bonds is 6. The number of nitrogens with two attached hydrogens (primary N) is 1. The third kappa shape index (κ3) is 2.53. The highest BCUT2D eigenvalue weighted by molar-refractivity contribution is 5.86. The summed E-state index contributed by atoms with van der Waals surface area (Å²) in [5.74, 6) is -0.0663. The maximum atomic E-state index is 13.0. The maximum Gasteiger partial charge on any atom is 0.242 e. The topological polar surface area (TPSA) is 55.1 Å². The van der Waals surface area contributed by atoms with Gasteiger partial charge >= 0.3 is 0 Å². The first-order chi connectivity index (χ1) is 8.58. The smallest absolute Gasteiger partial charge is 0.242 e. The van der Waals surface area contributed by atoms with Crippen molar-refractivity contribution in [2.75, 3.05) is 6.54 Å². The normalized spacial score (nSPS) is 18.3. The molecule has 3 N–H and O–H groups in total. The van der Waals surface area contributed by atoms with Crippen LogP contribution in [0.1, 0.15) is 31.7 Å². The van der Waals surface area contributed by atoms with E-state index < -0.39 is 11.4 Å². The molecular formula is C14H19FN2O. The van der Waals surface area contributed by atoms with Crippen molar-refractivity contribution in [3.05, 3.63) is 35.6 Å². The Kier molecular flexibility index (Phi) is 3.66. The van der Waals surface area contributed by atoms with Crippen LogP contribution in [0.3, 0.4) is 0 Å². The van der Waals surface area contributed by atoms with Crippen molar-refractivity contribution in [3.8, 4) is 0 Å². The van der Waals surface area contributed by atoms with Gasteiger partial charge in [0.1, 0.15) is 11.4 Å². The Labute approximate surface area is 107 Å². The van der Waals surface area contributed by atoms with E-state index in [-0.39, 0.29) is 5.82 Å². The van der Waals surface area contributed by atoms with E-state index in [1.54, 1.807) is 12.1 Å². The average molecular weight is 250 g/mol. The van der Waals surface area contributed by atoms with Crippen LogP contribution in [0, 0.1) is 11.7 Å². The first-order valence-corrected chi connectivity index (χ1v) is 6.39. The molecular weight excluding hydrogens is 231 g/mol. The molecule has 0 radical (unpaired) electrons.